The molecule has 0 saturated carbocycles. The van der Waals surface area contributed by atoms with Gasteiger partial charge in [0.15, 0.2) is 6.61 Å². The lowest BCUT2D eigenvalue weighted by molar-refractivity contribution is -0.123. The maximum Gasteiger partial charge on any atom is 0.257 e. The molecule has 0 unspecified atom stereocenters. The Balaban J connectivity index is 1.30. The van der Waals surface area contributed by atoms with Crippen LogP contribution in [0.5, 0.6) is 5.75 Å². The molecular formula is C21H25FN2O2. The van der Waals surface area contributed by atoms with Crippen molar-refractivity contribution in [2.75, 3.05) is 26.2 Å². The maximum absolute atomic E-state index is 13.1. The van der Waals surface area contributed by atoms with Gasteiger partial charge in [-0.2, -0.15) is 0 Å². The van der Waals surface area contributed by atoms with Gasteiger partial charge in [0.2, 0.25) is 0 Å². The molecule has 0 aromatic heterocycles. The third-order valence-corrected chi connectivity index (χ3v) is 4.66. The Morgan fingerprint density at radius 2 is 2.04 bits per heavy atom. The fourth-order valence-electron chi connectivity index (χ4n) is 3.31. The molecule has 1 aliphatic heterocycles. The molecule has 2 aromatic carbocycles. The number of hydrogen-bond donors (Lipinski definition) is 1. The Morgan fingerprint density at radius 1 is 1.19 bits per heavy atom. The highest BCUT2D eigenvalue weighted by Gasteiger charge is 2.22. The van der Waals surface area contributed by atoms with Crippen LogP contribution in [0.3, 0.4) is 0 Å². The van der Waals surface area contributed by atoms with E-state index in [1.807, 2.05) is 6.07 Å². The van der Waals surface area contributed by atoms with E-state index in [-0.39, 0.29) is 18.3 Å². The van der Waals surface area contributed by atoms with Crippen LogP contribution in [0.4, 0.5) is 4.39 Å². The summed E-state index contributed by atoms with van der Waals surface area (Å²) in [5.74, 6) is 0.438. The van der Waals surface area contributed by atoms with Gasteiger partial charge in [0.25, 0.3) is 5.91 Å². The van der Waals surface area contributed by atoms with Crippen LogP contribution in [0, 0.1) is 11.7 Å². The van der Waals surface area contributed by atoms with Gasteiger partial charge in [0.05, 0.1) is 0 Å². The van der Waals surface area contributed by atoms with Crippen LogP contribution in [0.2, 0.25) is 0 Å². The number of nitrogens with one attached hydrogen (secondary N) is 1. The Labute approximate surface area is 154 Å². The number of halogens is 1. The summed E-state index contributed by atoms with van der Waals surface area (Å²) >= 11 is 0. The lowest BCUT2D eigenvalue weighted by atomic mass is 10.1. The Morgan fingerprint density at radius 3 is 2.85 bits per heavy atom. The van der Waals surface area contributed by atoms with Gasteiger partial charge in [-0.3, -0.25) is 9.69 Å². The quantitative estimate of drug-likeness (QED) is 0.790. The van der Waals surface area contributed by atoms with Crippen LogP contribution in [0.25, 0.3) is 0 Å². The molecule has 0 bridgehead atoms. The van der Waals surface area contributed by atoms with Gasteiger partial charge in [0.1, 0.15) is 11.6 Å². The van der Waals surface area contributed by atoms with E-state index in [1.165, 1.54) is 24.1 Å². The van der Waals surface area contributed by atoms with E-state index in [9.17, 15) is 9.18 Å². The van der Waals surface area contributed by atoms with Crippen molar-refractivity contribution in [2.24, 2.45) is 5.92 Å². The number of benzene rings is 2. The summed E-state index contributed by atoms with van der Waals surface area (Å²) in [7, 11) is 0. The number of hydrogen-bond acceptors (Lipinski definition) is 3. The molecule has 138 valence electrons. The predicted molar refractivity (Wildman–Crippen MR) is 99.3 cm³/mol. The smallest absolute Gasteiger partial charge is 0.257 e. The lowest BCUT2D eigenvalue weighted by Crippen LogP contribution is -2.31. The van der Waals surface area contributed by atoms with Crippen LogP contribution in [0.15, 0.2) is 54.6 Å². The summed E-state index contributed by atoms with van der Waals surface area (Å²) in [5.41, 5.74) is 1.34. The number of carbonyl (C=O) groups is 1. The van der Waals surface area contributed by atoms with E-state index in [1.54, 1.807) is 12.1 Å². The molecule has 4 nitrogen and oxygen atoms in total. The van der Waals surface area contributed by atoms with Crippen molar-refractivity contribution < 1.29 is 13.9 Å². The number of likely N-dealkylation sites (tertiary alicyclic amines) is 1. The molecule has 1 saturated heterocycles. The molecule has 0 aliphatic carbocycles. The van der Waals surface area contributed by atoms with Gasteiger partial charge in [0, 0.05) is 25.7 Å². The summed E-state index contributed by atoms with van der Waals surface area (Å²) in [6.45, 7) is 3.73. The zero-order valence-corrected chi connectivity index (χ0v) is 14.9. The SMILES string of the molecule is O=C(COc1cccc(F)c1)NCC[C@@H]1CCN(Cc2ccccc2)C1. The summed E-state index contributed by atoms with van der Waals surface area (Å²) in [5, 5.41) is 2.88. The maximum atomic E-state index is 13.1. The van der Waals surface area contributed by atoms with E-state index in [4.69, 9.17) is 4.74 Å². The fourth-order valence-corrected chi connectivity index (χ4v) is 3.31. The molecule has 0 spiro atoms. The van der Waals surface area contributed by atoms with Crippen molar-refractivity contribution in [3.63, 3.8) is 0 Å². The first kappa shape index (κ1) is 18.4. The van der Waals surface area contributed by atoms with E-state index in [0.717, 1.165) is 26.1 Å². The lowest BCUT2D eigenvalue weighted by Gasteiger charge is -2.16. The van der Waals surface area contributed by atoms with Crippen LogP contribution in [-0.4, -0.2) is 37.0 Å². The van der Waals surface area contributed by atoms with Crippen molar-refractivity contribution in [1.29, 1.82) is 0 Å². The van der Waals surface area contributed by atoms with Crippen molar-refractivity contribution in [1.82, 2.24) is 10.2 Å². The van der Waals surface area contributed by atoms with Gasteiger partial charge in [-0.25, -0.2) is 4.39 Å². The minimum Gasteiger partial charge on any atom is -0.484 e. The largest absolute Gasteiger partial charge is 0.484 e. The third kappa shape index (κ3) is 5.85. The third-order valence-electron chi connectivity index (χ3n) is 4.66. The number of carbonyl (C=O) groups excluding carboxylic acids is 1. The average molecular weight is 356 g/mol. The van der Waals surface area contributed by atoms with Crippen LogP contribution >= 0.6 is 0 Å². The number of rotatable bonds is 8. The molecule has 2 aromatic rings. The fraction of sp³-hybridized carbons (Fsp3) is 0.381. The van der Waals surface area contributed by atoms with E-state index < -0.39 is 0 Å². The second-order valence-corrected chi connectivity index (χ2v) is 6.76. The highest BCUT2D eigenvalue weighted by Crippen LogP contribution is 2.21. The molecule has 1 heterocycles. The molecule has 1 fully saturated rings. The number of nitrogens with zero attached hydrogens (tertiary/aromatic N) is 1. The van der Waals surface area contributed by atoms with Crippen molar-refractivity contribution in [2.45, 2.75) is 19.4 Å². The molecule has 1 aliphatic rings. The summed E-state index contributed by atoms with van der Waals surface area (Å²) in [6.07, 6.45) is 2.14. The molecular weight excluding hydrogens is 331 g/mol. The van der Waals surface area contributed by atoms with E-state index >= 15 is 0 Å². The first-order valence-corrected chi connectivity index (χ1v) is 9.10. The van der Waals surface area contributed by atoms with E-state index in [0.29, 0.717) is 18.2 Å². The molecule has 1 amide bonds. The first-order chi connectivity index (χ1) is 12.7. The standard InChI is InChI=1S/C21H25FN2O2/c22-19-7-4-8-20(13-19)26-16-21(25)23-11-9-18-10-12-24(15-18)14-17-5-2-1-3-6-17/h1-8,13,18H,9-12,14-16H2,(H,23,25)/t18-/m1/s1. The molecule has 3 rings (SSSR count). The zero-order valence-electron chi connectivity index (χ0n) is 14.9. The van der Waals surface area contributed by atoms with Gasteiger partial charge in [-0.15, -0.1) is 0 Å². The Hall–Kier alpha value is -2.40. The summed E-state index contributed by atoms with van der Waals surface area (Å²) in [6, 6.07) is 16.3. The zero-order chi connectivity index (χ0) is 18.2. The molecule has 5 heteroatoms. The van der Waals surface area contributed by atoms with Crippen LogP contribution in [0.1, 0.15) is 18.4 Å². The molecule has 26 heavy (non-hydrogen) atoms. The summed E-state index contributed by atoms with van der Waals surface area (Å²) in [4.78, 5) is 14.3. The van der Waals surface area contributed by atoms with Gasteiger partial charge >= 0.3 is 0 Å². The van der Waals surface area contributed by atoms with Crippen molar-refractivity contribution in [3.8, 4) is 5.75 Å². The monoisotopic (exact) mass is 356 g/mol. The highest BCUT2D eigenvalue weighted by atomic mass is 19.1. The highest BCUT2D eigenvalue weighted by molar-refractivity contribution is 5.77. The average Bonchev–Trinajstić information content (AvgIpc) is 3.08. The first-order valence-electron chi connectivity index (χ1n) is 9.10. The minimum absolute atomic E-state index is 0.0890. The second-order valence-electron chi connectivity index (χ2n) is 6.76. The van der Waals surface area contributed by atoms with Gasteiger partial charge in [-0.05, 0) is 43.0 Å². The van der Waals surface area contributed by atoms with E-state index in [2.05, 4.69) is 34.5 Å². The Bertz CT molecular complexity index is 708. The number of amides is 1. The summed E-state index contributed by atoms with van der Waals surface area (Å²) < 4.78 is 18.3. The topological polar surface area (TPSA) is 41.6 Å². The molecule has 0 radical (unpaired) electrons. The number of ether oxygens (including phenoxy) is 1. The van der Waals surface area contributed by atoms with Gasteiger partial charge in [-0.1, -0.05) is 36.4 Å². The minimum atomic E-state index is -0.371. The normalized spacial score (nSPS) is 17.2. The molecule has 1 N–H and O–H groups in total. The van der Waals surface area contributed by atoms with Crippen LogP contribution < -0.4 is 10.1 Å². The van der Waals surface area contributed by atoms with Crippen molar-refractivity contribution >= 4 is 5.91 Å². The predicted octanol–water partition coefficient (Wildman–Crippen LogP) is 3.23. The molecule has 1 atom stereocenters. The Kier molecular flexibility index (Phi) is 6.61. The van der Waals surface area contributed by atoms with Crippen molar-refractivity contribution in [3.05, 3.63) is 66.0 Å². The van der Waals surface area contributed by atoms with Gasteiger partial charge < -0.3 is 10.1 Å². The van der Waals surface area contributed by atoms with Crippen LogP contribution in [-0.2, 0) is 11.3 Å². The second kappa shape index (κ2) is 9.34.